The molecule has 0 amide bonds. The van der Waals surface area contributed by atoms with Gasteiger partial charge in [-0.05, 0) is 23.2 Å². The molecular weight excluding hydrogens is 409 g/mol. The van der Waals surface area contributed by atoms with E-state index in [-0.39, 0.29) is 0 Å². The van der Waals surface area contributed by atoms with Crippen molar-refractivity contribution in [1.29, 1.82) is 0 Å². The van der Waals surface area contributed by atoms with Crippen LogP contribution in [0.3, 0.4) is 0 Å². The molecule has 1 aromatic heterocycles. The minimum absolute atomic E-state index is 0.556. The third-order valence-corrected chi connectivity index (χ3v) is 4.35. The smallest absolute Gasteiger partial charge is 0.0511 e. The minimum Gasteiger partial charge on any atom is -0.335 e. The van der Waals surface area contributed by atoms with Gasteiger partial charge >= 0.3 is 35.6 Å². The summed E-state index contributed by atoms with van der Waals surface area (Å²) < 4.78 is 2.25. The second-order valence-electron chi connectivity index (χ2n) is 6.12. The Labute approximate surface area is 176 Å². The molecule has 4 heteroatoms. The maximum atomic E-state index is 4.89. The monoisotopic (exact) mass is 427 g/mol. The van der Waals surface area contributed by atoms with Crippen LogP contribution in [0.5, 0.6) is 0 Å². The van der Waals surface area contributed by atoms with Crippen LogP contribution in [0.2, 0.25) is 0 Å². The number of rotatable bonds is 1. The SMILES string of the molecule is CC1=[C-]CC=C1.[Cl][Ti][Cl].c1ccc2[cH-]c(-n3ccc4ccccc43)cc2c1. The van der Waals surface area contributed by atoms with Crippen molar-refractivity contribution in [2.24, 2.45) is 0 Å². The zero-order valence-corrected chi connectivity index (χ0v) is 18.1. The Hall–Kier alpha value is -1.64. The number of benzene rings is 2. The van der Waals surface area contributed by atoms with Crippen molar-refractivity contribution in [3.63, 3.8) is 0 Å². The minimum atomic E-state index is -0.556. The Morgan fingerprint density at radius 3 is 2.33 bits per heavy atom. The van der Waals surface area contributed by atoms with E-state index in [1.807, 2.05) is 0 Å². The number of fused-ring (bicyclic) bond motifs is 2. The van der Waals surface area contributed by atoms with Gasteiger partial charge in [0.25, 0.3) is 0 Å². The first-order valence-electron chi connectivity index (χ1n) is 8.65. The number of para-hydroxylation sites is 1. The molecule has 0 aliphatic heterocycles. The summed E-state index contributed by atoms with van der Waals surface area (Å²) in [4.78, 5) is 0. The summed E-state index contributed by atoms with van der Waals surface area (Å²) in [6, 6.07) is 23.6. The van der Waals surface area contributed by atoms with Gasteiger partial charge in [0.05, 0.1) is 5.52 Å². The molecule has 3 aromatic carbocycles. The molecule has 1 aliphatic carbocycles. The van der Waals surface area contributed by atoms with Crippen LogP contribution in [-0.4, -0.2) is 4.57 Å². The van der Waals surface area contributed by atoms with E-state index in [1.54, 1.807) is 0 Å². The summed E-state index contributed by atoms with van der Waals surface area (Å²) >= 11 is -0.556. The van der Waals surface area contributed by atoms with Gasteiger partial charge in [-0.25, -0.2) is 11.6 Å². The van der Waals surface area contributed by atoms with Crippen LogP contribution in [-0.2, 0) is 17.0 Å². The topological polar surface area (TPSA) is 4.93 Å². The van der Waals surface area contributed by atoms with E-state index in [1.165, 1.54) is 32.9 Å². The molecule has 0 saturated carbocycles. The molecule has 4 aromatic rings. The van der Waals surface area contributed by atoms with Gasteiger partial charge in [-0.1, -0.05) is 31.2 Å². The van der Waals surface area contributed by atoms with Gasteiger partial charge in [0, 0.05) is 6.20 Å². The van der Waals surface area contributed by atoms with Crippen LogP contribution in [0.15, 0.2) is 90.7 Å². The average molecular weight is 428 g/mol. The molecular formula is C23H19Cl2NTi-2. The van der Waals surface area contributed by atoms with Gasteiger partial charge in [-0.3, -0.25) is 6.08 Å². The standard InChI is InChI=1S/C17H12N.C6H7.2ClH.Ti/c1-2-7-15-12-16(11-14(15)6-1)18-10-9-13-5-3-4-8-17(13)18;1-6-4-2-3-5-6;;;/h1-12H;2,4H,3H2,1H3;2*1H;/q2*-1;;;+2/p-2. The largest absolute Gasteiger partial charge is 0.335 e. The normalized spacial score (nSPS) is 12.2. The molecule has 0 fully saturated rings. The zero-order chi connectivity index (χ0) is 19.1. The fourth-order valence-corrected chi connectivity index (χ4v) is 3.10. The predicted molar refractivity (Wildman–Crippen MR) is 114 cm³/mol. The molecule has 0 bridgehead atoms. The van der Waals surface area contributed by atoms with E-state index in [0.717, 1.165) is 6.42 Å². The van der Waals surface area contributed by atoms with Crippen molar-refractivity contribution in [2.75, 3.05) is 0 Å². The molecule has 0 spiro atoms. The van der Waals surface area contributed by atoms with Crippen molar-refractivity contribution in [2.45, 2.75) is 13.3 Å². The Morgan fingerprint density at radius 2 is 1.70 bits per heavy atom. The molecule has 0 radical (unpaired) electrons. The van der Waals surface area contributed by atoms with E-state index in [9.17, 15) is 0 Å². The molecule has 1 heterocycles. The van der Waals surface area contributed by atoms with Crippen molar-refractivity contribution in [3.05, 3.63) is 96.7 Å². The molecule has 27 heavy (non-hydrogen) atoms. The third kappa shape index (κ3) is 5.21. The molecule has 0 N–H and O–H groups in total. The number of hydrogen-bond donors (Lipinski definition) is 0. The maximum absolute atomic E-state index is 4.89. The Morgan fingerprint density at radius 1 is 1.00 bits per heavy atom. The second-order valence-corrected chi connectivity index (χ2v) is 8.70. The Kier molecular flexibility index (Phi) is 7.49. The Balaban J connectivity index is 0.000000196. The first-order valence-corrected chi connectivity index (χ1v) is 12.9. The second kappa shape index (κ2) is 10.1. The van der Waals surface area contributed by atoms with Crippen LogP contribution in [0.4, 0.5) is 0 Å². The first kappa shape index (κ1) is 20.1. The van der Waals surface area contributed by atoms with Gasteiger partial charge in [0.1, 0.15) is 0 Å². The number of hydrogen-bond acceptors (Lipinski definition) is 0. The van der Waals surface area contributed by atoms with Crippen molar-refractivity contribution in [1.82, 2.24) is 4.57 Å². The molecule has 1 aliphatic rings. The van der Waals surface area contributed by atoms with Gasteiger partial charge in [-0.2, -0.15) is 6.08 Å². The summed E-state index contributed by atoms with van der Waals surface area (Å²) in [5.41, 5.74) is 3.76. The van der Waals surface area contributed by atoms with Gasteiger partial charge < -0.3 is 4.57 Å². The molecule has 5 rings (SSSR count). The number of nitrogens with zero attached hydrogens (tertiary/aromatic N) is 1. The molecule has 0 saturated heterocycles. The summed E-state index contributed by atoms with van der Waals surface area (Å²) in [6.45, 7) is 2.06. The zero-order valence-electron chi connectivity index (χ0n) is 15.0. The summed E-state index contributed by atoms with van der Waals surface area (Å²) in [5.74, 6) is 0. The predicted octanol–water partition coefficient (Wildman–Crippen LogP) is 7.57. The number of halogens is 2. The van der Waals surface area contributed by atoms with Crippen LogP contribution < -0.4 is 0 Å². The first-order chi connectivity index (χ1) is 13.2. The fourth-order valence-electron chi connectivity index (χ4n) is 3.10. The fraction of sp³-hybridized carbons (Fsp3) is 0.0870. The van der Waals surface area contributed by atoms with Crippen molar-refractivity contribution in [3.8, 4) is 5.69 Å². The molecule has 1 nitrogen and oxygen atoms in total. The van der Waals surface area contributed by atoms with Crippen LogP contribution >= 0.6 is 18.6 Å². The molecule has 0 unspecified atom stereocenters. The van der Waals surface area contributed by atoms with Crippen LogP contribution in [0.25, 0.3) is 27.4 Å². The van der Waals surface area contributed by atoms with E-state index >= 15 is 0 Å². The van der Waals surface area contributed by atoms with E-state index in [0.29, 0.717) is 0 Å². The van der Waals surface area contributed by atoms with Gasteiger partial charge in [0.2, 0.25) is 0 Å². The average Bonchev–Trinajstić information content (AvgIpc) is 3.41. The van der Waals surface area contributed by atoms with Gasteiger partial charge in [0.15, 0.2) is 0 Å². The van der Waals surface area contributed by atoms with Crippen LogP contribution in [0.1, 0.15) is 13.3 Å². The van der Waals surface area contributed by atoms with E-state index in [2.05, 4.69) is 103 Å². The van der Waals surface area contributed by atoms with Gasteiger partial charge in [-0.15, -0.1) is 47.5 Å². The molecule has 0 atom stereocenters. The summed E-state index contributed by atoms with van der Waals surface area (Å²) in [6.07, 6.45) is 10.5. The maximum Gasteiger partial charge on any atom is 0.0511 e. The summed E-state index contributed by atoms with van der Waals surface area (Å²) in [5, 5.41) is 3.87. The van der Waals surface area contributed by atoms with E-state index in [4.69, 9.17) is 18.6 Å². The quantitative estimate of drug-likeness (QED) is 0.218. The van der Waals surface area contributed by atoms with E-state index < -0.39 is 17.0 Å². The van der Waals surface area contributed by atoms with Crippen LogP contribution in [0, 0.1) is 6.08 Å². The molecule has 136 valence electrons. The third-order valence-electron chi connectivity index (χ3n) is 4.35. The number of allylic oxidation sites excluding steroid dienone is 4. The van der Waals surface area contributed by atoms with Crippen molar-refractivity contribution < 1.29 is 17.0 Å². The van der Waals surface area contributed by atoms with Crippen molar-refractivity contribution >= 4 is 40.3 Å². The number of aromatic nitrogens is 1. The summed E-state index contributed by atoms with van der Waals surface area (Å²) in [7, 11) is 9.78. The Bertz CT molecular complexity index is 1040.